The number of imide groups is 1. The maximum atomic E-state index is 12.7. The second-order valence-corrected chi connectivity index (χ2v) is 8.24. The minimum Gasteiger partial charge on any atom is -0.494 e. The number of carbonyl (C=O) groups excluding carboxylic acids is 4. The van der Waals surface area contributed by atoms with Crippen LogP contribution in [0.5, 0.6) is 5.75 Å². The van der Waals surface area contributed by atoms with E-state index in [1.807, 2.05) is 6.92 Å². The molecule has 2 aromatic carbocycles. The molecule has 0 aromatic heterocycles. The summed E-state index contributed by atoms with van der Waals surface area (Å²) in [6.45, 7) is 2.41. The molecule has 8 nitrogen and oxygen atoms in total. The lowest BCUT2D eigenvalue weighted by molar-refractivity contribution is -0.121. The van der Waals surface area contributed by atoms with E-state index < -0.39 is 11.2 Å². The molecule has 1 fully saturated rings. The molecule has 9 heteroatoms. The molecule has 32 heavy (non-hydrogen) atoms. The number of ether oxygens (including phenoxy) is 2. The molecule has 168 valence electrons. The van der Waals surface area contributed by atoms with Gasteiger partial charge in [-0.25, -0.2) is 9.69 Å². The number of rotatable bonds is 9. The molecule has 0 unspecified atom stereocenters. The highest BCUT2D eigenvalue weighted by molar-refractivity contribution is 8.00. The lowest BCUT2D eigenvalue weighted by atomic mass is 10.2. The van der Waals surface area contributed by atoms with Crippen LogP contribution in [0.15, 0.2) is 48.5 Å². The predicted octanol–water partition coefficient (Wildman–Crippen LogP) is 3.27. The zero-order valence-corrected chi connectivity index (χ0v) is 18.6. The Kier molecular flexibility index (Phi) is 7.88. The molecular formula is C23H24N2O6S. The van der Waals surface area contributed by atoms with Crippen molar-refractivity contribution in [3.05, 3.63) is 54.1 Å². The van der Waals surface area contributed by atoms with E-state index in [1.165, 1.54) is 23.8 Å². The van der Waals surface area contributed by atoms with E-state index in [-0.39, 0.29) is 30.6 Å². The molecule has 1 aliphatic heterocycles. The van der Waals surface area contributed by atoms with Gasteiger partial charge in [-0.05, 0) is 55.5 Å². The second kappa shape index (κ2) is 10.8. The van der Waals surface area contributed by atoms with Gasteiger partial charge in [-0.3, -0.25) is 14.4 Å². The largest absolute Gasteiger partial charge is 0.494 e. The van der Waals surface area contributed by atoms with Crippen LogP contribution < -0.4 is 15.0 Å². The fourth-order valence-corrected chi connectivity index (χ4v) is 4.28. The van der Waals surface area contributed by atoms with Crippen molar-refractivity contribution in [1.29, 1.82) is 0 Å². The van der Waals surface area contributed by atoms with Gasteiger partial charge in [0.05, 0.1) is 30.2 Å². The summed E-state index contributed by atoms with van der Waals surface area (Å²) in [5.74, 6) is -0.132. The van der Waals surface area contributed by atoms with E-state index in [9.17, 15) is 19.2 Å². The van der Waals surface area contributed by atoms with Crippen LogP contribution in [0.25, 0.3) is 0 Å². The van der Waals surface area contributed by atoms with Crippen molar-refractivity contribution in [2.45, 2.75) is 25.0 Å². The zero-order chi connectivity index (χ0) is 23.1. The summed E-state index contributed by atoms with van der Waals surface area (Å²) < 4.78 is 10.0. The summed E-state index contributed by atoms with van der Waals surface area (Å²) >= 11 is 1.30. The van der Waals surface area contributed by atoms with E-state index in [4.69, 9.17) is 4.74 Å². The van der Waals surface area contributed by atoms with Crippen molar-refractivity contribution in [3.8, 4) is 5.75 Å². The van der Waals surface area contributed by atoms with Crippen LogP contribution >= 0.6 is 11.8 Å². The topological polar surface area (TPSA) is 102 Å². The Bertz CT molecular complexity index is 991. The van der Waals surface area contributed by atoms with Crippen LogP contribution in [-0.2, 0) is 19.1 Å². The smallest absolute Gasteiger partial charge is 0.337 e. The SMILES string of the molecule is CCOc1ccc(N2C(=O)C[C@H](SCCC(=O)Nc3ccc(C(=O)OC)cc3)C2=O)cc1. The van der Waals surface area contributed by atoms with Crippen LogP contribution in [0.1, 0.15) is 30.1 Å². The standard InChI is InChI=1S/C23H24N2O6S/c1-3-31-18-10-8-17(9-11-18)25-21(27)14-19(22(25)28)32-13-12-20(26)24-16-6-4-15(5-7-16)23(29)30-2/h4-11,19H,3,12-14H2,1-2H3,(H,24,26)/t19-/m0/s1. The van der Waals surface area contributed by atoms with Crippen LogP contribution in [0.3, 0.4) is 0 Å². The fourth-order valence-electron chi connectivity index (χ4n) is 3.19. The normalized spacial score (nSPS) is 15.6. The van der Waals surface area contributed by atoms with Gasteiger partial charge in [0.2, 0.25) is 17.7 Å². The van der Waals surface area contributed by atoms with Gasteiger partial charge in [-0.1, -0.05) is 0 Å². The van der Waals surface area contributed by atoms with E-state index in [0.29, 0.717) is 35.0 Å². The summed E-state index contributed by atoms with van der Waals surface area (Å²) in [4.78, 5) is 49.9. The third-order valence-corrected chi connectivity index (χ3v) is 5.96. The minimum absolute atomic E-state index is 0.104. The van der Waals surface area contributed by atoms with Gasteiger partial charge < -0.3 is 14.8 Å². The summed E-state index contributed by atoms with van der Waals surface area (Å²) in [5.41, 5.74) is 1.46. The molecule has 3 amide bonds. The molecule has 1 heterocycles. The number of nitrogens with zero attached hydrogens (tertiary/aromatic N) is 1. The van der Waals surface area contributed by atoms with Gasteiger partial charge in [0.1, 0.15) is 5.75 Å². The molecule has 2 aromatic rings. The van der Waals surface area contributed by atoms with Crippen LogP contribution in [0.4, 0.5) is 11.4 Å². The Hall–Kier alpha value is -3.33. The number of hydrogen-bond donors (Lipinski definition) is 1. The zero-order valence-electron chi connectivity index (χ0n) is 17.8. The van der Waals surface area contributed by atoms with Crippen molar-refractivity contribution in [2.75, 3.05) is 29.7 Å². The Morgan fingerprint density at radius 2 is 1.78 bits per heavy atom. The van der Waals surface area contributed by atoms with Crippen molar-refractivity contribution in [2.24, 2.45) is 0 Å². The number of benzene rings is 2. The highest BCUT2D eigenvalue weighted by Gasteiger charge is 2.39. The Morgan fingerprint density at radius 3 is 2.41 bits per heavy atom. The number of nitrogens with one attached hydrogen (secondary N) is 1. The minimum atomic E-state index is -0.513. The molecule has 0 spiro atoms. The van der Waals surface area contributed by atoms with E-state index in [1.54, 1.807) is 48.5 Å². The monoisotopic (exact) mass is 456 g/mol. The molecule has 0 aliphatic carbocycles. The first-order valence-electron chi connectivity index (χ1n) is 10.1. The van der Waals surface area contributed by atoms with Crippen LogP contribution in [0.2, 0.25) is 0 Å². The molecule has 1 N–H and O–H groups in total. The van der Waals surface area contributed by atoms with Gasteiger partial charge in [0.15, 0.2) is 0 Å². The molecular weight excluding hydrogens is 432 g/mol. The summed E-state index contributed by atoms with van der Waals surface area (Å²) in [6.07, 6.45) is 0.289. The number of hydrogen-bond acceptors (Lipinski definition) is 7. The van der Waals surface area contributed by atoms with Crippen molar-refractivity contribution < 1.29 is 28.7 Å². The number of methoxy groups -OCH3 is 1. The first-order valence-corrected chi connectivity index (χ1v) is 11.2. The molecule has 1 aliphatic rings. The fraction of sp³-hybridized carbons (Fsp3) is 0.304. The van der Waals surface area contributed by atoms with Crippen LogP contribution in [0, 0.1) is 0 Å². The lowest BCUT2D eigenvalue weighted by Crippen LogP contribution is -2.31. The summed E-state index contributed by atoms with van der Waals surface area (Å²) in [6, 6.07) is 13.2. The van der Waals surface area contributed by atoms with Gasteiger partial charge >= 0.3 is 5.97 Å². The average Bonchev–Trinajstić information content (AvgIpc) is 3.07. The maximum Gasteiger partial charge on any atom is 0.337 e. The van der Waals surface area contributed by atoms with E-state index >= 15 is 0 Å². The quantitative estimate of drug-likeness (QED) is 0.456. The predicted molar refractivity (Wildman–Crippen MR) is 122 cm³/mol. The van der Waals surface area contributed by atoms with E-state index in [2.05, 4.69) is 10.1 Å². The summed E-state index contributed by atoms with van der Waals surface area (Å²) in [5, 5.41) is 2.23. The molecule has 1 atom stereocenters. The number of amides is 3. The Labute approximate surface area is 190 Å². The molecule has 0 saturated carbocycles. The molecule has 0 radical (unpaired) electrons. The first-order chi connectivity index (χ1) is 15.4. The van der Waals surface area contributed by atoms with Gasteiger partial charge in [0.25, 0.3) is 0 Å². The third kappa shape index (κ3) is 5.67. The van der Waals surface area contributed by atoms with E-state index in [0.717, 1.165) is 0 Å². The number of esters is 1. The summed E-state index contributed by atoms with van der Waals surface area (Å²) in [7, 11) is 1.30. The first kappa shape index (κ1) is 23.3. The number of anilines is 2. The third-order valence-electron chi connectivity index (χ3n) is 4.75. The molecule has 3 rings (SSSR count). The van der Waals surface area contributed by atoms with Crippen LogP contribution in [-0.4, -0.2) is 48.4 Å². The molecule has 1 saturated heterocycles. The number of thioether (sulfide) groups is 1. The lowest BCUT2D eigenvalue weighted by Gasteiger charge is -2.15. The van der Waals surface area contributed by atoms with Gasteiger partial charge in [-0.15, -0.1) is 11.8 Å². The number of carbonyl (C=O) groups is 4. The Morgan fingerprint density at radius 1 is 1.09 bits per heavy atom. The van der Waals surface area contributed by atoms with Gasteiger partial charge in [0, 0.05) is 24.3 Å². The molecule has 0 bridgehead atoms. The average molecular weight is 457 g/mol. The highest BCUT2D eigenvalue weighted by atomic mass is 32.2. The second-order valence-electron chi connectivity index (χ2n) is 6.92. The van der Waals surface area contributed by atoms with Crippen molar-refractivity contribution >= 4 is 46.8 Å². The highest BCUT2D eigenvalue weighted by Crippen LogP contribution is 2.31. The van der Waals surface area contributed by atoms with Crippen molar-refractivity contribution in [1.82, 2.24) is 0 Å². The maximum absolute atomic E-state index is 12.7. The van der Waals surface area contributed by atoms with Gasteiger partial charge in [-0.2, -0.15) is 0 Å². The van der Waals surface area contributed by atoms with Crippen molar-refractivity contribution in [3.63, 3.8) is 0 Å². The Balaban J connectivity index is 1.48.